The Morgan fingerprint density at radius 3 is 2.71 bits per heavy atom. The molecule has 1 fully saturated rings. The predicted octanol–water partition coefficient (Wildman–Crippen LogP) is 2.68. The third-order valence-electron chi connectivity index (χ3n) is 2.92. The highest BCUT2D eigenvalue weighted by molar-refractivity contribution is 5.77. The molecule has 1 aliphatic rings. The van der Waals surface area contributed by atoms with Crippen LogP contribution in [0.5, 0.6) is 0 Å². The Morgan fingerprint density at radius 1 is 1.50 bits per heavy atom. The van der Waals surface area contributed by atoms with Gasteiger partial charge in [-0.3, -0.25) is 4.79 Å². The second-order valence-corrected chi connectivity index (χ2v) is 4.87. The number of carbonyl (C=O) groups excluding carboxylic acids is 1. The van der Waals surface area contributed by atoms with Gasteiger partial charge in [-0.2, -0.15) is 0 Å². The highest BCUT2D eigenvalue weighted by Crippen LogP contribution is 2.24. The molecule has 0 aliphatic carbocycles. The van der Waals surface area contributed by atoms with Gasteiger partial charge >= 0.3 is 0 Å². The van der Waals surface area contributed by atoms with Crippen LogP contribution in [0, 0.1) is 11.8 Å². The first kappa shape index (κ1) is 11.5. The standard InChI is InChI=1S/C12H23NO/c1-4-6-13-7-5-11(8-10(2)3)9-12(13)14/h10-11H,4-9H2,1-3H3. The number of amides is 1. The summed E-state index contributed by atoms with van der Waals surface area (Å²) in [7, 11) is 0. The fourth-order valence-corrected chi connectivity index (χ4v) is 2.32. The minimum Gasteiger partial charge on any atom is -0.343 e. The first-order chi connectivity index (χ1) is 6.63. The topological polar surface area (TPSA) is 20.3 Å². The van der Waals surface area contributed by atoms with E-state index in [2.05, 4.69) is 20.8 Å². The van der Waals surface area contributed by atoms with Crippen LogP contribution in [0.2, 0.25) is 0 Å². The van der Waals surface area contributed by atoms with Crippen molar-refractivity contribution in [2.45, 2.75) is 46.5 Å². The Labute approximate surface area is 87.7 Å². The molecule has 1 atom stereocenters. The molecule has 1 aliphatic heterocycles. The Bertz CT molecular complexity index is 189. The minimum absolute atomic E-state index is 0.378. The summed E-state index contributed by atoms with van der Waals surface area (Å²) in [6, 6.07) is 0. The third-order valence-corrected chi connectivity index (χ3v) is 2.92. The Morgan fingerprint density at radius 2 is 2.21 bits per heavy atom. The molecule has 1 amide bonds. The summed E-state index contributed by atoms with van der Waals surface area (Å²) in [5.74, 6) is 1.75. The van der Waals surface area contributed by atoms with Crippen LogP contribution in [0.1, 0.15) is 46.5 Å². The lowest BCUT2D eigenvalue weighted by atomic mass is 9.88. The molecule has 0 aromatic rings. The highest BCUT2D eigenvalue weighted by atomic mass is 16.2. The largest absolute Gasteiger partial charge is 0.343 e. The van der Waals surface area contributed by atoms with Crippen molar-refractivity contribution in [1.82, 2.24) is 4.90 Å². The molecule has 2 nitrogen and oxygen atoms in total. The van der Waals surface area contributed by atoms with Gasteiger partial charge in [-0.25, -0.2) is 0 Å². The number of hydrogen-bond donors (Lipinski definition) is 0. The molecule has 0 saturated carbocycles. The van der Waals surface area contributed by atoms with Crippen molar-refractivity contribution in [1.29, 1.82) is 0 Å². The van der Waals surface area contributed by atoms with Crippen molar-refractivity contribution >= 4 is 5.91 Å². The van der Waals surface area contributed by atoms with E-state index in [-0.39, 0.29) is 0 Å². The van der Waals surface area contributed by atoms with E-state index in [1.807, 2.05) is 4.90 Å². The lowest BCUT2D eigenvalue weighted by Gasteiger charge is -2.32. The molecule has 1 rings (SSSR count). The molecule has 0 N–H and O–H groups in total. The van der Waals surface area contributed by atoms with Crippen LogP contribution < -0.4 is 0 Å². The second kappa shape index (κ2) is 5.38. The van der Waals surface area contributed by atoms with Crippen molar-refractivity contribution in [2.75, 3.05) is 13.1 Å². The van der Waals surface area contributed by atoms with E-state index >= 15 is 0 Å². The lowest BCUT2D eigenvalue weighted by Crippen LogP contribution is -2.39. The summed E-state index contributed by atoms with van der Waals surface area (Å²) in [6.07, 6.45) is 4.30. The van der Waals surface area contributed by atoms with Crippen LogP contribution in [-0.2, 0) is 4.79 Å². The minimum atomic E-state index is 0.378. The van der Waals surface area contributed by atoms with E-state index in [0.717, 1.165) is 31.8 Å². The Kier molecular flexibility index (Phi) is 4.43. The zero-order valence-corrected chi connectivity index (χ0v) is 9.75. The maximum absolute atomic E-state index is 11.7. The normalized spacial score (nSPS) is 23.3. The van der Waals surface area contributed by atoms with Crippen LogP contribution in [-0.4, -0.2) is 23.9 Å². The summed E-state index contributed by atoms with van der Waals surface area (Å²) < 4.78 is 0. The van der Waals surface area contributed by atoms with Crippen LogP contribution in [0.3, 0.4) is 0 Å². The van der Waals surface area contributed by atoms with Gasteiger partial charge in [0.15, 0.2) is 0 Å². The van der Waals surface area contributed by atoms with Crippen molar-refractivity contribution in [3.05, 3.63) is 0 Å². The maximum atomic E-state index is 11.7. The van der Waals surface area contributed by atoms with Gasteiger partial charge in [-0.15, -0.1) is 0 Å². The maximum Gasteiger partial charge on any atom is 0.222 e. The molecule has 2 heteroatoms. The first-order valence-corrected chi connectivity index (χ1v) is 5.91. The number of carbonyl (C=O) groups is 1. The van der Waals surface area contributed by atoms with Gasteiger partial charge in [0.2, 0.25) is 5.91 Å². The quantitative estimate of drug-likeness (QED) is 0.678. The second-order valence-electron chi connectivity index (χ2n) is 4.87. The van der Waals surface area contributed by atoms with Crippen LogP contribution >= 0.6 is 0 Å². The monoisotopic (exact) mass is 197 g/mol. The van der Waals surface area contributed by atoms with Gasteiger partial charge in [0, 0.05) is 19.5 Å². The fourth-order valence-electron chi connectivity index (χ4n) is 2.32. The molecule has 0 radical (unpaired) electrons. The van der Waals surface area contributed by atoms with Crippen molar-refractivity contribution in [3.8, 4) is 0 Å². The van der Waals surface area contributed by atoms with Crippen molar-refractivity contribution in [2.24, 2.45) is 11.8 Å². The lowest BCUT2D eigenvalue weighted by molar-refractivity contribution is -0.135. The number of piperidine rings is 1. The Hall–Kier alpha value is -0.530. The third kappa shape index (κ3) is 3.32. The molecule has 1 saturated heterocycles. The van der Waals surface area contributed by atoms with Gasteiger partial charge in [0.25, 0.3) is 0 Å². The van der Waals surface area contributed by atoms with E-state index in [9.17, 15) is 4.79 Å². The van der Waals surface area contributed by atoms with Crippen LogP contribution in [0.4, 0.5) is 0 Å². The van der Waals surface area contributed by atoms with Crippen LogP contribution in [0.15, 0.2) is 0 Å². The summed E-state index contributed by atoms with van der Waals surface area (Å²) in [4.78, 5) is 13.7. The zero-order chi connectivity index (χ0) is 10.6. The molecule has 82 valence electrons. The van der Waals surface area contributed by atoms with Crippen molar-refractivity contribution < 1.29 is 4.79 Å². The number of rotatable bonds is 4. The van der Waals surface area contributed by atoms with E-state index in [1.165, 1.54) is 12.8 Å². The van der Waals surface area contributed by atoms with Gasteiger partial charge < -0.3 is 4.90 Å². The SMILES string of the molecule is CCCN1CCC(CC(C)C)CC1=O. The van der Waals surface area contributed by atoms with E-state index in [0.29, 0.717) is 11.8 Å². The average molecular weight is 197 g/mol. The molecule has 1 heterocycles. The number of hydrogen-bond acceptors (Lipinski definition) is 1. The molecule has 0 aromatic heterocycles. The summed E-state index contributed by atoms with van der Waals surface area (Å²) in [6.45, 7) is 8.55. The van der Waals surface area contributed by atoms with Gasteiger partial charge in [0.1, 0.15) is 0 Å². The fraction of sp³-hybridized carbons (Fsp3) is 0.917. The molecule has 0 aromatic carbocycles. The summed E-state index contributed by atoms with van der Waals surface area (Å²) in [5, 5.41) is 0. The predicted molar refractivity (Wildman–Crippen MR) is 59.1 cm³/mol. The molecular formula is C12H23NO. The molecule has 0 spiro atoms. The Balaban J connectivity index is 2.35. The molecular weight excluding hydrogens is 174 g/mol. The zero-order valence-electron chi connectivity index (χ0n) is 9.75. The average Bonchev–Trinajstić information content (AvgIpc) is 2.09. The molecule has 0 bridgehead atoms. The van der Waals surface area contributed by atoms with Crippen molar-refractivity contribution in [3.63, 3.8) is 0 Å². The molecule has 14 heavy (non-hydrogen) atoms. The van der Waals surface area contributed by atoms with E-state index in [4.69, 9.17) is 0 Å². The molecule has 1 unspecified atom stereocenters. The smallest absolute Gasteiger partial charge is 0.222 e. The summed E-state index contributed by atoms with van der Waals surface area (Å²) in [5.41, 5.74) is 0. The van der Waals surface area contributed by atoms with Gasteiger partial charge in [-0.1, -0.05) is 20.8 Å². The van der Waals surface area contributed by atoms with Crippen LogP contribution in [0.25, 0.3) is 0 Å². The van der Waals surface area contributed by atoms with Gasteiger partial charge in [0.05, 0.1) is 0 Å². The van der Waals surface area contributed by atoms with Gasteiger partial charge in [-0.05, 0) is 31.1 Å². The number of nitrogens with zero attached hydrogens (tertiary/aromatic N) is 1. The van der Waals surface area contributed by atoms with E-state index < -0.39 is 0 Å². The van der Waals surface area contributed by atoms with E-state index in [1.54, 1.807) is 0 Å². The highest BCUT2D eigenvalue weighted by Gasteiger charge is 2.25. The number of likely N-dealkylation sites (tertiary alicyclic amines) is 1. The summed E-state index contributed by atoms with van der Waals surface area (Å²) >= 11 is 0. The first-order valence-electron chi connectivity index (χ1n) is 5.91.